The van der Waals surface area contributed by atoms with E-state index in [-0.39, 0.29) is 18.1 Å². The number of Topliss-reactive ketones (excluding diaryl/α,β-unsaturated/α-hetero) is 1. The van der Waals surface area contributed by atoms with E-state index in [2.05, 4.69) is 10.3 Å². The van der Waals surface area contributed by atoms with Crippen molar-refractivity contribution < 1.29 is 14.0 Å². The van der Waals surface area contributed by atoms with Crippen LogP contribution in [0.2, 0.25) is 0 Å². The minimum atomic E-state index is -0.175. The van der Waals surface area contributed by atoms with Crippen molar-refractivity contribution in [1.29, 1.82) is 0 Å². The fourth-order valence-electron chi connectivity index (χ4n) is 4.25. The van der Waals surface area contributed by atoms with Gasteiger partial charge in [0.15, 0.2) is 11.4 Å². The molecule has 1 aromatic heterocycles. The highest BCUT2D eigenvalue weighted by molar-refractivity contribution is 6.04. The molecule has 0 bridgehead atoms. The lowest BCUT2D eigenvalue weighted by Gasteiger charge is -2.12. The predicted molar refractivity (Wildman–Crippen MR) is 157 cm³/mol. The molecule has 0 fully saturated rings. The molecule has 0 saturated heterocycles. The van der Waals surface area contributed by atoms with Crippen LogP contribution >= 0.6 is 0 Å². The summed E-state index contributed by atoms with van der Waals surface area (Å²) in [6.45, 7) is 0. The highest BCUT2D eigenvalue weighted by Crippen LogP contribution is 2.27. The zero-order chi connectivity index (χ0) is 27.5. The first-order chi connectivity index (χ1) is 18.8. The van der Waals surface area contributed by atoms with Crippen LogP contribution < -0.4 is 15.1 Å². The van der Waals surface area contributed by atoms with Gasteiger partial charge < -0.3 is 19.5 Å². The zero-order valence-electron chi connectivity index (χ0n) is 22.4. The van der Waals surface area contributed by atoms with Gasteiger partial charge in [-0.1, -0.05) is 6.07 Å². The molecule has 7 heteroatoms. The number of carbonyl (C=O) groups is 2. The van der Waals surface area contributed by atoms with Crippen LogP contribution in [-0.2, 0) is 6.42 Å². The van der Waals surface area contributed by atoms with Crippen molar-refractivity contribution in [3.8, 4) is 11.5 Å². The Balaban J connectivity index is 1.26. The summed E-state index contributed by atoms with van der Waals surface area (Å²) in [5.74, 6) is 0.348. The summed E-state index contributed by atoms with van der Waals surface area (Å²) in [6.07, 6.45) is 0.277. The second-order valence-corrected chi connectivity index (χ2v) is 9.84. The highest BCUT2D eigenvalue weighted by Gasteiger charge is 2.13. The summed E-state index contributed by atoms with van der Waals surface area (Å²) >= 11 is 0. The molecule has 7 nitrogen and oxygen atoms in total. The Morgan fingerprint density at radius 1 is 0.744 bits per heavy atom. The van der Waals surface area contributed by atoms with E-state index < -0.39 is 0 Å². The Kier molecular flexibility index (Phi) is 7.14. The molecule has 0 aliphatic carbocycles. The molecule has 0 radical (unpaired) electrons. The van der Waals surface area contributed by atoms with E-state index >= 15 is 0 Å². The Morgan fingerprint density at radius 2 is 1.33 bits per heavy atom. The summed E-state index contributed by atoms with van der Waals surface area (Å²) in [5.41, 5.74) is 7.01. The first-order valence-electron chi connectivity index (χ1n) is 12.7. The summed E-state index contributed by atoms with van der Waals surface area (Å²) in [4.78, 5) is 34.0. The molecule has 5 rings (SSSR count). The lowest BCUT2D eigenvalue weighted by atomic mass is 10.0. The average Bonchev–Trinajstić information content (AvgIpc) is 3.37. The van der Waals surface area contributed by atoms with Crippen molar-refractivity contribution in [1.82, 2.24) is 4.98 Å². The van der Waals surface area contributed by atoms with Gasteiger partial charge in [0.2, 0.25) is 5.89 Å². The number of anilines is 3. The van der Waals surface area contributed by atoms with Gasteiger partial charge in [-0.15, -0.1) is 0 Å². The summed E-state index contributed by atoms with van der Waals surface area (Å²) in [5, 5.41) is 2.92. The third-order valence-electron chi connectivity index (χ3n) is 6.56. The second kappa shape index (κ2) is 10.8. The molecule has 0 aliphatic rings. The van der Waals surface area contributed by atoms with Crippen LogP contribution in [0.15, 0.2) is 95.4 Å². The minimum absolute atomic E-state index is 0.0469. The number of carbonyl (C=O) groups excluding carboxylic acids is 2. The van der Waals surface area contributed by atoms with Gasteiger partial charge in [0.05, 0.1) is 0 Å². The van der Waals surface area contributed by atoms with Crippen LogP contribution in [0.25, 0.3) is 22.6 Å². The first-order valence-corrected chi connectivity index (χ1v) is 12.7. The van der Waals surface area contributed by atoms with Gasteiger partial charge in [-0.05, 0) is 90.5 Å². The van der Waals surface area contributed by atoms with Crippen LogP contribution in [0.3, 0.4) is 0 Å². The topological polar surface area (TPSA) is 78.7 Å². The Bertz CT molecular complexity index is 1620. The number of hydrogen-bond acceptors (Lipinski definition) is 6. The molecule has 5 aromatic rings. The number of amides is 1. The Morgan fingerprint density at radius 3 is 1.92 bits per heavy atom. The molecule has 0 atom stereocenters. The van der Waals surface area contributed by atoms with E-state index in [9.17, 15) is 9.59 Å². The van der Waals surface area contributed by atoms with Gasteiger partial charge in [-0.3, -0.25) is 9.59 Å². The molecule has 0 unspecified atom stereocenters. The molecule has 1 N–H and O–H groups in total. The van der Waals surface area contributed by atoms with Crippen LogP contribution in [0, 0.1) is 0 Å². The lowest BCUT2D eigenvalue weighted by Crippen LogP contribution is -2.13. The van der Waals surface area contributed by atoms with Gasteiger partial charge in [0.1, 0.15) is 5.52 Å². The Labute approximate surface area is 227 Å². The second-order valence-electron chi connectivity index (χ2n) is 9.84. The number of ketones is 1. The molecule has 0 saturated carbocycles. The molecule has 39 heavy (non-hydrogen) atoms. The number of fused-ring (bicyclic) bond motifs is 1. The van der Waals surface area contributed by atoms with Gasteiger partial charge in [-0.25, -0.2) is 4.98 Å². The maximum Gasteiger partial charge on any atom is 0.255 e. The van der Waals surface area contributed by atoms with Gasteiger partial charge in [0, 0.05) is 68.4 Å². The SMILES string of the molecule is CN(C)c1ccc(C(=O)Cc2ccc3nc(-c4ccc(NC(=O)c5ccc(N(C)C)cc5)cc4)oc3c2)cc1. The molecular formula is C32H30N4O3. The van der Waals surface area contributed by atoms with Gasteiger partial charge in [0.25, 0.3) is 5.91 Å². The number of oxazole rings is 1. The summed E-state index contributed by atoms with van der Waals surface area (Å²) in [7, 11) is 7.85. The molecule has 1 amide bonds. The first kappa shape index (κ1) is 25.7. The van der Waals surface area contributed by atoms with E-state index in [1.807, 2.05) is 117 Å². The number of nitrogens with one attached hydrogen (secondary N) is 1. The molecule has 0 spiro atoms. The predicted octanol–water partition coefficient (Wildman–Crippen LogP) is 6.30. The van der Waals surface area contributed by atoms with Gasteiger partial charge in [-0.2, -0.15) is 0 Å². The largest absolute Gasteiger partial charge is 0.436 e. The lowest BCUT2D eigenvalue weighted by molar-refractivity contribution is 0.0991. The molecule has 0 aliphatic heterocycles. The van der Waals surface area contributed by atoms with Crippen molar-refractivity contribution in [2.45, 2.75) is 6.42 Å². The number of aromatic nitrogens is 1. The minimum Gasteiger partial charge on any atom is -0.436 e. The monoisotopic (exact) mass is 518 g/mol. The van der Waals surface area contributed by atoms with E-state index in [4.69, 9.17) is 4.42 Å². The van der Waals surface area contributed by atoms with Crippen LogP contribution in [-0.4, -0.2) is 44.9 Å². The third-order valence-corrected chi connectivity index (χ3v) is 6.56. The normalized spacial score (nSPS) is 10.9. The standard InChI is InChI=1S/C32H30N4O3/c1-35(2)26-14-8-22(9-15-26)29(37)19-21-5-18-28-30(20-21)39-32(34-28)24-6-12-25(13-7-24)33-31(38)23-10-16-27(17-11-23)36(3)4/h5-18,20H,19H2,1-4H3,(H,33,38). The maximum absolute atomic E-state index is 12.8. The maximum atomic E-state index is 12.8. The fraction of sp³-hybridized carbons (Fsp3) is 0.156. The highest BCUT2D eigenvalue weighted by atomic mass is 16.3. The van der Waals surface area contributed by atoms with Crippen molar-refractivity contribution in [2.75, 3.05) is 43.3 Å². The van der Waals surface area contributed by atoms with E-state index in [0.717, 1.165) is 28.0 Å². The van der Waals surface area contributed by atoms with Crippen LogP contribution in [0.4, 0.5) is 17.1 Å². The van der Waals surface area contributed by atoms with Gasteiger partial charge >= 0.3 is 0 Å². The fourth-order valence-corrected chi connectivity index (χ4v) is 4.25. The van der Waals surface area contributed by atoms with E-state index in [0.29, 0.717) is 28.3 Å². The number of nitrogens with zero attached hydrogens (tertiary/aromatic N) is 3. The van der Waals surface area contributed by atoms with E-state index in [1.165, 1.54) is 0 Å². The smallest absolute Gasteiger partial charge is 0.255 e. The third kappa shape index (κ3) is 5.83. The summed E-state index contributed by atoms with van der Waals surface area (Å²) in [6, 6.07) is 28.0. The van der Waals surface area contributed by atoms with Crippen LogP contribution in [0.5, 0.6) is 0 Å². The summed E-state index contributed by atoms with van der Waals surface area (Å²) < 4.78 is 6.03. The van der Waals surface area contributed by atoms with Crippen molar-refractivity contribution in [3.63, 3.8) is 0 Å². The van der Waals surface area contributed by atoms with Crippen molar-refractivity contribution in [3.05, 3.63) is 108 Å². The number of benzene rings is 4. The molecular weight excluding hydrogens is 488 g/mol. The molecule has 196 valence electrons. The Hall–Kier alpha value is -4.91. The number of hydrogen-bond donors (Lipinski definition) is 1. The van der Waals surface area contributed by atoms with Crippen molar-refractivity contribution in [2.24, 2.45) is 0 Å². The molecule has 1 heterocycles. The van der Waals surface area contributed by atoms with E-state index in [1.54, 1.807) is 12.1 Å². The quantitative estimate of drug-likeness (QED) is 0.243. The molecule has 4 aromatic carbocycles. The zero-order valence-corrected chi connectivity index (χ0v) is 22.4. The van der Waals surface area contributed by atoms with Crippen LogP contribution in [0.1, 0.15) is 26.3 Å². The number of rotatable bonds is 8. The van der Waals surface area contributed by atoms with Crippen molar-refractivity contribution >= 4 is 39.9 Å². The average molecular weight is 519 g/mol.